The summed E-state index contributed by atoms with van der Waals surface area (Å²) in [5.74, 6) is 0.512. The first-order chi connectivity index (χ1) is 15.5. The second-order valence-corrected chi connectivity index (χ2v) is 10.2. The van der Waals surface area contributed by atoms with Crippen LogP contribution in [-0.2, 0) is 26.0 Å². The topological polar surface area (TPSA) is 84.9 Å². The third-order valence-electron chi connectivity index (χ3n) is 5.82. The van der Waals surface area contributed by atoms with Gasteiger partial charge in [0.1, 0.15) is 12.4 Å². The van der Waals surface area contributed by atoms with Crippen LogP contribution in [0.3, 0.4) is 0 Å². The van der Waals surface area contributed by atoms with Gasteiger partial charge in [0.25, 0.3) is 0 Å². The fourth-order valence-corrected chi connectivity index (χ4v) is 5.57. The molecule has 2 aliphatic heterocycles. The summed E-state index contributed by atoms with van der Waals surface area (Å²) in [7, 11) is -3.46. The summed E-state index contributed by atoms with van der Waals surface area (Å²) in [5, 5.41) is 2.88. The molecule has 2 saturated heterocycles. The summed E-state index contributed by atoms with van der Waals surface area (Å²) in [6.45, 7) is 2.44. The molecular weight excluding hydrogens is 428 g/mol. The largest absolute Gasteiger partial charge is 0.491 e. The van der Waals surface area contributed by atoms with E-state index < -0.39 is 10.0 Å². The smallest absolute Gasteiger partial charge is 0.243 e. The molecule has 0 saturated carbocycles. The maximum Gasteiger partial charge on any atom is 0.243 e. The lowest BCUT2D eigenvalue weighted by atomic mass is 10.1. The van der Waals surface area contributed by atoms with Crippen LogP contribution in [0.15, 0.2) is 53.4 Å². The minimum absolute atomic E-state index is 0.134. The highest BCUT2D eigenvalue weighted by molar-refractivity contribution is 7.89. The summed E-state index contributed by atoms with van der Waals surface area (Å²) in [4.78, 5) is 12.8. The summed E-state index contributed by atoms with van der Waals surface area (Å²) in [5.41, 5.74) is 1.41. The van der Waals surface area contributed by atoms with Gasteiger partial charge in [-0.15, -0.1) is 0 Å². The normalized spacial score (nSPS) is 19.6. The van der Waals surface area contributed by atoms with E-state index in [1.165, 1.54) is 0 Å². The van der Waals surface area contributed by atoms with E-state index in [4.69, 9.17) is 9.47 Å². The first kappa shape index (κ1) is 22.8. The molecule has 0 radical (unpaired) electrons. The van der Waals surface area contributed by atoms with E-state index in [2.05, 4.69) is 5.32 Å². The van der Waals surface area contributed by atoms with Crippen LogP contribution in [-0.4, -0.2) is 51.0 Å². The van der Waals surface area contributed by atoms with Crippen molar-refractivity contribution in [1.29, 1.82) is 0 Å². The van der Waals surface area contributed by atoms with Crippen molar-refractivity contribution in [2.24, 2.45) is 0 Å². The fourth-order valence-electron chi connectivity index (χ4n) is 4.05. The molecule has 1 unspecified atom stereocenters. The minimum atomic E-state index is -3.46. The van der Waals surface area contributed by atoms with E-state index >= 15 is 0 Å². The first-order valence-electron chi connectivity index (χ1n) is 11.2. The number of nitrogens with one attached hydrogen (secondary N) is 1. The molecule has 2 fully saturated rings. The summed E-state index contributed by atoms with van der Waals surface area (Å²) in [6, 6.07) is 13.9. The van der Waals surface area contributed by atoms with E-state index in [0.29, 0.717) is 31.1 Å². The Labute approximate surface area is 189 Å². The van der Waals surface area contributed by atoms with E-state index in [0.717, 1.165) is 44.3 Å². The number of amides is 1. The molecule has 2 heterocycles. The molecule has 172 valence electrons. The molecule has 1 amide bonds. The van der Waals surface area contributed by atoms with E-state index in [1.54, 1.807) is 34.6 Å². The van der Waals surface area contributed by atoms with Crippen molar-refractivity contribution >= 4 is 21.6 Å². The fraction of sp³-hybridized carbons (Fsp3) is 0.458. The zero-order chi connectivity index (χ0) is 22.4. The van der Waals surface area contributed by atoms with Crippen LogP contribution in [0.25, 0.3) is 0 Å². The summed E-state index contributed by atoms with van der Waals surface area (Å²) in [6.07, 6.45) is 5.24. The number of ether oxygens (including phenoxy) is 2. The number of rotatable bonds is 8. The van der Waals surface area contributed by atoms with Crippen LogP contribution in [0, 0.1) is 0 Å². The maximum absolute atomic E-state index is 12.8. The minimum Gasteiger partial charge on any atom is -0.491 e. The van der Waals surface area contributed by atoms with E-state index in [-0.39, 0.29) is 23.3 Å². The number of hydrogen-bond acceptors (Lipinski definition) is 5. The van der Waals surface area contributed by atoms with E-state index in [1.807, 2.05) is 18.2 Å². The Morgan fingerprint density at radius 1 is 1.06 bits per heavy atom. The van der Waals surface area contributed by atoms with Crippen molar-refractivity contribution in [1.82, 2.24) is 4.31 Å². The predicted octanol–water partition coefficient (Wildman–Crippen LogP) is 3.60. The molecule has 1 N–H and O–H groups in total. The van der Waals surface area contributed by atoms with Crippen LogP contribution in [0.2, 0.25) is 0 Å². The molecule has 1 atom stereocenters. The monoisotopic (exact) mass is 458 g/mol. The van der Waals surface area contributed by atoms with Crippen molar-refractivity contribution in [3.05, 3.63) is 54.1 Å². The third-order valence-corrected chi connectivity index (χ3v) is 7.73. The highest BCUT2D eigenvalue weighted by atomic mass is 32.2. The summed E-state index contributed by atoms with van der Waals surface area (Å²) < 4.78 is 38.4. The Morgan fingerprint density at radius 3 is 2.56 bits per heavy atom. The highest BCUT2D eigenvalue weighted by Gasteiger charge is 2.25. The second-order valence-electron chi connectivity index (χ2n) is 8.31. The van der Waals surface area contributed by atoms with Crippen LogP contribution < -0.4 is 10.1 Å². The van der Waals surface area contributed by atoms with Gasteiger partial charge in [-0.25, -0.2) is 8.42 Å². The van der Waals surface area contributed by atoms with Crippen molar-refractivity contribution in [2.45, 2.75) is 49.5 Å². The van der Waals surface area contributed by atoms with Crippen molar-refractivity contribution in [2.75, 3.05) is 31.6 Å². The number of sulfonamides is 1. The van der Waals surface area contributed by atoms with Gasteiger partial charge < -0.3 is 14.8 Å². The van der Waals surface area contributed by atoms with Crippen LogP contribution >= 0.6 is 0 Å². The second kappa shape index (κ2) is 10.5. The lowest BCUT2D eigenvalue weighted by Gasteiger charge is -2.25. The number of benzene rings is 2. The molecule has 4 rings (SSSR count). The molecule has 32 heavy (non-hydrogen) atoms. The third kappa shape index (κ3) is 5.88. The standard InChI is InChI=1S/C24H30N2O5S/c27-24(25-20-6-4-7-21(17-20)31-18-22-8-5-15-30-22)16-19-9-11-23(12-10-19)32(28,29)26-13-2-1-3-14-26/h4,6-7,9-12,17,22H,1-3,5,8,13-16,18H2,(H,25,27). The molecule has 7 nitrogen and oxygen atoms in total. The number of anilines is 1. The average molecular weight is 459 g/mol. The number of carbonyl (C=O) groups excluding carboxylic acids is 1. The lowest BCUT2D eigenvalue weighted by molar-refractivity contribution is -0.115. The van der Waals surface area contributed by atoms with Crippen molar-refractivity contribution in [3.8, 4) is 5.75 Å². The molecule has 0 bridgehead atoms. The first-order valence-corrected chi connectivity index (χ1v) is 12.7. The van der Waals surface area contributed by atoms with Crippen molar-refractivity contribution in [3.63, 3.8) is 0 Å². The maximum atomic E-state index is 12.8. The lowest BCUT2D eigenvalue weighted by Crippen LogP contribution is -2.35. The number of hydrogen-bond donors (Lipinski definition) is 1. The van der Waals surface area contributed by atoms with Gasteiger partial charge in [0.2, 0.25) is 15.9 Å². The quantitative estimate of drug-likeness (QED) is 0.653. The van der Waals surface area contributed by atoms with Crippen LogP contribution in [0.5, 0.6) is 5.75 Å². The Balaban J connectivity index is 1.31. The van der Waals surface area contributed by atoms with Crippen LogP contribution in [0.4, 0.5) is 5.69 Å². The van der Waals surface area contributed by atoms with Gasteiger partial charge in [-0.3, -0.25) is 4.79 Å². The van der Waals surface area contributed by atoms with Gasteiger partial charge in [0.15, 0.2) is 0 Å². The average Bonchev–Trinajstić information content (AvgIpc) is 3.33. The van der Waals surface area contributed by atoms with Gasteiger partial charge in [0.05, 0.1) is 17.4 Å². The Hall–Kier alpha value is -2.42. The Morgan fingerprint density at radius 2 is 1.84 bits per heavy atom. The molecule has 2 aromatic carbocycles. The molecule has 2 aliphatic rings. The van der Waals surface area contributed by atoms with Gasteiger partial charge >= 0.3 is 0 Å². The van der Waals surface area contributed by atoms with E-state index in [9.17, 15) is 13.2 Å². The van der Waals surface area contributed by atoms with Crippen LogP contribution in [0.1, 0.15) is 37.7 Å². The van der Waals surface area contributed by atoms with Gasteiger partial charge in [-0.2, -0.15) is 4.31 Å². The Bertz CT molecular complexity index is 1010. The molecule has 8 heteroatoms. The zero-order valence-corrected chi connectivity index (χ0v) is 19.0. The van der Waals surface area contributed by atoms with Crippen molar-refractivity contribution < 1.29 is 22.7 Å². The molecule has 2 aromatic rings. The Kier molecular flexibility index (Phi) is 7.44. The number of piperidine rings is 1. The van der Waals surface area contributed by atoms with Gasteiger partial charge in [0, 0.05) is 31.5 Å². The molecular formula is C24H30N2O5S. The number of nitrogens with zero attached hydrogens (tertiary/aromatic N) is 1. The SMILES string of the molecule is O=C(Cc1ccc(S(=O)(=O)N2CCCCC2)cc1)Nc1cccc(OCC2CCCO2)c1. The highest BCUT2D eigenvalue weighted by Crippen LogP contribution is 2.22. The van der Waals surface area contributed by atoms with Gasteiger partial charge in [-0.05, 0) is 55.5 Å². The number of carbonyl (C=O) groups is 1. The molecule has 0 aliphatic carbocycles. The summed E-state index contributed by atoms with van der Waals surface area (Å²) >= 11 is 0. The zero-order valence-electron chi connectivity index (χ0n) is 18.2. The molecule has 0 aromatic heterocycles. The molecule has 0 spiro atoms. The predicted molar refractivity (Wildman–Crippen MR) is 122 cm³/mol. The van der Waals surface area contributed by atoms with Gasteiger partial charge in [-0.1, -0.05) is 24.6 Å².